The van der Waals surface area contributed by atoms with Gasteiger partial charge in [0.2, 0.25) is 0 Å². The monoisotopic (exact) mass is 378 g/mol. The molecule has 0 amide bonds. The Morgan fingerprint density at radius 3 is 2.63 bits per heavy atom. The van der Waals surface area contributed by atoms with Crippen molar-refractivity contribution in [3.05, 3.63) is 59.8 Å². The summed E-state index contributed by atoms with van der Waals surface area (Å²) in [5, 5.41) is 5.58. The maximum Gasteiger partial charge on any atom is 0.174 e. The molecule has 1 atom stereocenters. The Morgan fingerprint density at radius 1 is 1.19 bits per heavy atom. The molecule has 27 heavy (non-hydrogen) atoms. The number of rotatable bonds is 3. The molecule has 4 rings (SSSR count). The lowest BCUT2D eigenvalue weighted by molar-refractivity contribution is 0.291. The first-order valence-electron chi connectivity index (χ1n) is 9.53. The smallest absolute Gasteiger partial charge is 0.174 e. The van der Waals surface area contributed by atoms with Crippen molar-refractivity contribution < 1.29 is 0 Å². The van der Waals surface area contributed by atoms with E-state index in [-0.39, 0.29) is 6.04 Å². The zero-order valence-electron chi connectivity index (χ0n) is 16.1. The number of fused-ring (bicyclic) bond motifs is 3. The third kappa shape index (κ3) is 3.28. The molecule has 0 saturated heterocycles. The maximum absolute atomic E-state index is 5.78. The highest BCUT2D eigenvalue weighted by Gasteiger charge is 2.30. The van der Waals surface area contributed by atoms with Crippen molar-refractivity contribution >= 4 is 39.6 Å². The number of aromatic amines is 1. The number of para-hydroxylation sites is 1. The quantitative estimate of drug-likeness (QED) is 0.633. The van der Waals surface area contributed by atoms with Crippen molar-refractivity contribution in [1.29, 1.82) is 0 Å². The third-order valence-electron chi connectivity index (χ3n) is 5.44. The van der Waals surface area contributed by atoms with Gasteiger partial charge in [0, 0.05) is 48.6 Å². The molecule has 0 bridgehead atoms. The highest BCUT2D eigenvalue weighted by Crippen LogP contribution is 2.36. The third-order valence-corrected chi connectivity index (χ3v) is 5.78. The van der Waals surface area contributed by atoms with E-state index in [9.17, 15) is 0 Å². The van der Waals surface area contributed by atoms with Gasteiger partial charge in [0.15, 0.2) is 5.11 Å². The van der Waals surface area contributed by atoms with E-state index in [0.29, 0.717) is 0 Å². The Morgan fingerprint density at radius 2 is 1.93 bits per heavy atom. The van der Waals surface area contributed by atoms with E-state index in [1.165, 1.54) is 27.8 Å². The predicted molar refractivity (Wildman–Crippen MR) is 119 cm³/mol. The molecule has 2 N–H and O–H groups in total. The van der Waals surface area contributed by atoms with Crippen LogP contribution in [0.5, 0.6) is 0 Å². The summed E-state index contributed by atoms with van der Waals surface area (Å²) in [5.74, 6) is 0. The van der Waals surface area contributed by atoms with Crippen molar-refractivity contribution in [2.24, 2.45) is 0 Å². The van der Waals surface area contributed by atoms with E-state index in [0.717, 1.165) is 30.2 Å². The van der Waals surface area contributed by atoms with Crippen LogP contribution in [0.1, 0.15) is 30.6 Å². The molecule has 4 nitrogen and oxygen atoms in total. The van der Waals surface area contributed by atoms with Crippen LogP contribution in [0.25, 0.3) is 10.9 Å². The Labute approximate surface area is 166 Å². The van der Waals surface area contributed by atoms with Crippen LogP contribution in [-0.2, 0) is 6.42 Å². The van der Waals surface area contributed by atoms with Gasteiger partial charge in [-0.3, -0.25) is 0 Å². The van der Waals surface area contributed by atoms with Gasteiger partial charge in [0.05, 0.1) is 6.04 Å². The van der Waals surface area contributed by atoms with Crippen molar-refractivity contribution in [2.45, 2.75) is 25.8 Å². The molecular formula is C22H26N4S. The Bertz CT molecular complexity index is 958. The minimum absolute atomic E-state index is 0.280. The minimum Gasteiger partial charge on any atom is -0.378 e. The summed E-state index contributed by atoms with van der Waals surface area (Å²) in [6, 6.07) is 17.2. The molecule has 2 heterocycles. The van der Waals surface area contributed by atoms with Crippen LogP contribution < -0.4 is 10.2 Å². The number of hydrogen-bond donors (Lipinski definition) is 2. The van der Waals surface area contributed by atoms with Crippen LogP contribution >= 0.6 is 12.2 Å². The fourth-order valence-corrected chi connectivity index (χ4v) is 4.36. The SMILES string of the molecule is CCC1c2[nH]c3ccccc3c2CCN1C(=S)Nc1ccc(N(C)C)cc1. The van der Waals surface area contributed by atoms with Gasteiger partial charge >= 0.3 is 0 Å². The van der Waals surface area contributed by atoms with Gasteiger partial charge < -0.3 is 20.1 Å². The zero-order chi connectivity index (χ0) is 19.0. The fraction of sp³-hybridized carbons (Fsp3) is 0.318. The number of nitrogens with one attached hydrogen (secondary N) is 2. The highest BCUT2D eigenvalue weighted by atomic mass is 32.1. The summed E-state index contributed by atoms with van der Waals surface area (Å²) in [4.78, 5) is 8.07. The van der Waals surface area contributed by atoms with Crippen LogP contribution in [0.2, 0.25) is 0 Å². The van der Waals surface area contributed by atoms with Crippen molar-refractivity contribution in [3.63, 3.8) is 0 Å². The number of nitrogens with zero attached hydrogens (tertiary/aromatic N) is 2. The highest BCUT2D eigenvalue weighted by molar-refractivity contribution is 7.80. The van der Waals surface area contributed by atoms with Gasteiger partial charge in [0.25, 0.3) is 0 Å². The standard InChI is InChI=1S/C22H26N4S/c1-4-20-21-18(17-7-5-6-8-19(17)24-21)13-14-26(20)22(27)23-15-9-11-16(12-10-15)25(2)3/h5-12,20,24H,4,13-14H2,1-3H3,(H,23,27). The van der Waals surface area contributed by atoms with Gasteiger partial charge in [-0.05, 0) is 61.0 Å². The number of benzene rings is 2. The fourth-order valence-electron chi connectivity index (χ4n) is 4.02. The average molecular weight is 379 g/mol. The lowest BCUT2D eigenvalue weighted by Crippen LogP contribution is -2.42. The van der Waals surface area contributed by atoms with E-state index in [1.807, 2.05) is 14.1 Å². The summed E-state index contributed by atoms with van der Waals surface area (Å²) in [6.07, 6.45) is 2.03. The molecule has 1 aliphatic heterocycles. The van der Waals surface area contributed by atoms with Gasteiger partial charge in [-0.15, -0.1) is 0 Å². The van der Waals surface area contributed by atoms with Gasteiger partial charge in [0.1, 0.15) is 0 Å². The summed E-state index contributed by atoms with van der Waals surface area (Å²) in [5.41, 5.74) is 6.20. The van der Waals surface area contributed by atoms with Gasteiger partial charge in [-0.2, -0.15) is 0 Å². The Balaban J connectivity index is 1.57. The molecule has 0 spiro atoms. The molecule has 0 fully saturated rings. The molecule has 3 aromatic rings. The summed E-state index contributed by atoms with van der Waals surface area (Å²) < 4.78 is 0. The number of anilines is 2. The zero-order valence-corrected chi connectivity index (χ0v) is 16.9. The summed E-state index contributed by atoms with van der Waals surface area (Å²) >= 11 is 5.78. The average Bonchev–Trinajstić information content (AvgIpc) is 3.06. The molecule has 1 aromatic heterocycles. The number of H-pyrrole nitrogens is 1. The lowest BCUT2D eigenvalue weighted by Gasteiger charge is -2.37. The molecule has 0 aliphatic carbocycles. The van der Waals surface area contributed by atoms with Crippen LogP contribution in [-0.4, -0.2) is 35.6 Å². The molecule has 1 aliphatic rings. The predicted octanol–water partition coefficient (Wildman–Crippen LogP) is 4.94. The molecule has 1 unspecified atom stereocenters. The van der Waals surface area contributed by atoms with Crippen LogP contribution in [0.3, 0.4) is 0 Å². The van der Waals surface area contributed by atoms with Crippen molar-refractivity contribution in [1.82, 2.24) is 9.88 Å². The topological polar surface area (TPSA) is 34.3 Å². The van der Waals surface area contributed by atoms with Gasteiger partial charge in [-0.25, -0.2) is 0 Å². The van der Waals surface area contributed by atoms with E-state index >= 15 is 0 Å². The van der Waals surface area contributed by atoms with E-state index in [4.69, 9.17) is 12.2 Å². The normalized spacial score (nSPS) is 16.3. The van der Waals surface area contributed by atoms with Crippen LogP contribution in [0.15, 0.2) is 48.5 Å². The number of hydrogen-bond acceptors (Lipinski definition) is 2. The molecule has 0 saturated carbocycles. The van der Waals surface area contributed by atoms with E-state index in [2.05, 4.69) is 75.6 Å². The molecule has 140 valence electrons. The van der Waals surface area contributed by atoms with Crippen molar-refractivity contribution in [3.8, 4) is 0 Å². The van der Waals surface area contributed by atoms with E-state index < -0.39 is 0 Å². The van der Waals surface area contributed by atoms with Crippen LogP contribution in [0.4, 0.5) is 11.4 Å². The number of aromatic nitrogens is 1. The largest absolute Gasteiger partial charge is 0.378 e. The molecule has 5 heteroatoms. The Hall–Kier alpha value is -2.53. The first-order valence-corrected chi connectivity index (χ1v) is 9.93. The second kappa shape index (κ2) is 7.24. The first kappa shape index (κ1) is 17.9. The molecule has 2 aromatic carbocycles. The van der Waals surface area contributed by atoms with Gasteiger partial charge in [-0.1, -0.05) is 25.1 Å². The Kier molecular flexibility index (Phi) is 4.79. The number of thiocarbonyl (C=S) groups is 1. The molecule has 0 radical (unpaired) electrons. The van der Waals surface area contributed by atoms with Crippen LogP contribution in [0, 0.1) is 0 Å². The minimum atomic E-state index is 0.280. The summed E-state index contributed by atoms with van der Waals surface area (Å²) in [7, 11) is 4.09. The van der Waals surface area contributed by atoms with E-state index in [1.54, 1.807) is 0 Å². The molecular weight excluding hydrogens is 352 g/mol. The second-order valence-electron chi connectivity index (χ2n) is 7.30. The first-order chi connectivity index (χ1) is 13.1. The second-order valence-corrected chi connectivity index (χ2v) is 7.69. The summed E-state index contributed by atoms with van der Waals surface area (Å²) in [6.45, 7) is 3.17. The van der Waals surface area contributed by atoms with Crippen molar-refractivity contribution in [2.75, 3.05) is 30.9 Å². The lowest BCUT2D eigenvalue weighted by atomic mass is 9.96. The maximum atomic E-state index is 5.78.